The molecule has 3 rings (SSSR count). The molecule has 1 N–H and O–H groups in total. The lowest BCUT2D eigenvalue weighted by atomic mass is 9.88. The first-order valence-corrected chi connectivity index (χ1v) is 8.98. The Kier molecular flexibility index (Phi) is 5.35. The van der Waals surface area contributed by atoms with Crippen LogP contribution in [0.5, 0.6) is 0 Å². The first-order valence-electron chi connectivity index (χ1n) is 8.98. The fraction of sp³-hybridized carbons (Fsp3) is 0.474. The lowest BCUT2D eigenvalue weighted by Crippen LogP contribution is -2.50. The van der Waals surface area contributed by atoms with Gasteiger partial charge in [-0.25, -0.2) is 9.79 Å². The van der Waals surface area contributed by atoms with Gasteiger partial charge in [0.25, 0.3) is 5.91 Å². The second-order valence-corrected chi connectivity index (χ2v) is 6.60. The topological polar surface area (TPSA) is 88.1 Å². The maximum Gasteiger partial charge on any atom is 0.409 e. The van der Waals surface area contributed by atoms with Crippen LogP contribution < -0.4 is 5.32 Å². The van der Waals surface area contributed by atoms with Gasteiger partial charge < -0.3 is 15.0 Å². The number of hydrogen-bond acceptors (Lipinski definition) is 5. The zero-order chi connectivity index (χ0) is 18.6. The Morgan fingerprint density at radius 3 is 2.58 bits per heavy atom. The molecule has 2 amide bonds. The third-order valence-corrected chi connectivity index (χ3v) is 4.80. The number of ether oxygens (including phenoxy) is 1. The normalized spacial score (nSPS) is 18.4. The van der Waals surface area contributed by atoms with Crippen molar-refractivity contribution in [3.8, 4) is 0 Å². The van der Waals surface area contributed by atoms with Gasteiger partial charge in [0.2, 0.25) is 5.78 Å². The van der Waals surface area contributed by atoms with Gasteiger partial charge in [0.15, 0.2) is 5.84 Å². The van der Waals surface area contributed by atoms with Gasteiger partial charge in [-0.05, 0) is 19.3 Å². The van der Waals surface area contributed by atoms with E-state index >= 15 is 0 Å². The number of unbranched alkanes of at least 4 members (excludes halogenated alkanes) is 1. The number of hydrogen-bond donors (Lipinski definition) is 1. The van der Waals surface area contributed by atoms with Crippen LogP contribution in [0.25, 0.3) is 0 Å². The van der Waals surface area contributed by atoms with Crippen LogP contribution in [0.1, 0.15) is 43.0 Å². The van der Waals surface area contributed by atoms with E-state index in [9.17, 15) is 14.4 Å². The van der Waals surface area contributed by atoms with Crippen molar-refractivity contribution in [2.24, 2.45) is 4.99 Å². The van der Waals surface area contributed by atoms with E-state index in [0.717, 1.165) is 12.8 Å². The zero-order valence-corrected chi connectivity index (χ0v) is 14.9. The third kappa shape index (κ3) is 3.61. The molecule has 1 aromatic rings. The number of rotatable bonds is 5. The summed E-state index contributed by atoms with van der Waals surface area (Å²) < 4.78 is 5.21. The van der Waals surface area contributed by atoms with Crippen LogP contribution in [0.15, 0.2) is 35.3 Å². The van der Waals surface area contributed by atoms with Gasteiger partial charge in [-0.3, -0.25) is 9.59 Å². The Balaban J connectivity index is 1.64. The smallest absolute Gasteiger partial charge is 0.409 e. The van der Waals surface area contributed by atoms with Crippen molar-refractivity contribution in [1.82, 2.24) is 10.2 Å². The van der Waals surface area contributed by atoms with Gasteiger partial charge in [0.1, 0.15) is 5.54 Å². The largest absolute Gasteiger partial charge is 0.449 e. The monoisotopic (exact) mass is 357 g/mol. The lowest BCUT2D eigenvalue weighted by Gasteiger charge is -2.34. The molecule has 0 radical (unpaired) electrons. The van der Waals surface area contributed by atoms with Crippen molar-refractivity contribution in [3.63, 3.8) is 0 Å². The summed E-state index contributed by atoms with van der Waals surface area (Å²) in [6, 6.07) is 8.74. The van der Waals surface area contributed by atoms with E-state index < -0.39 is 5.54 Å². The molecule has 2 aliphatic rings. The molecule has 1 spiro atoms. The average Bonchev–Trinajstić information content (AvgIpc) is 2.98. The first-order chi connectivity index (χ1) is 12.6. The number of carbonyl (C=O) groups excluding carboxylic acids is 3. The van der Waals surface area contributed by atoms with Crippen LogP contribution in [0.3, 0.4) is 0 Å². The summed E-state index contributed by atoms with van der Waals surface area (Å²) in [4.78, 5) is 43.0. The molecule has 7 nitrogen and oxygen atoms in total. The van der Waals surface area contributed by atoms with Crippen LogP contribution in [-0.2, 0) is 9.53 Å². The van der Waals surface area contributed by atoms with E-state index in [4.69, 9.17) is 4.74 Å². The number of ketones is 1. The Hall–Kier alpha value is -2.70. The number of amidine groups is 1. The van der Waals surface area contributed by atoms with Gasteiger partial charge in [-0.2, -0.15) is 0 Å². The highest BCUT2D eigenvalue weighted by atomic mass is 16.6. The van der Waals surface area contributed by atoms with Crippen LogP contribution in [0.2, 0.25) is 0 Å². The molecule has 7 heteroatoms. The van der Waals surface area contributed by atoms with Crippen molar-refractivity contribution in [1.29, 1.82) is 0 Å². The molecule has 0 aliphatic carbocycles. The number of piperidine rings is 1. The molecule has 0 unspecified atom stereocenters. The number of amides is 2. The van der Waals surface area contributed by atoms with E-state index in [2.05, 4.69) is 10.3 Å². The highest BCUT2D eigenvalue weighted by molar-refractivity contribution is 6.48. The summed E-state index contributed by atoms with van der Waals surface area (Å²) in [5, 5.41) is 2.63. The Morgan fingerprint density at radius 2 is 1.92 bits per heavy atom. The molecule has 1 aromatic carbocycles. The maximum atomic E-state index is 12.5. The van der Waals surface area contributed by atoms with E-state index in [1.54, 1.807) is 29.2 Å². The van der Waals surface area contributed by atoms with Gasteiger partial charge in [0.05, 0.1) is 6.61 Å². The van der Waals surface area contributed by atoms with E-state index in [1.165, 1.54) is 0 Å². The molecule has 138 valence electrons. The molecule has 1 saturated heterocycles. The fourth-order valence-corrected chi connectivity index (χ4v) is 3.14. The predicted molar refractivity (Wildman–Crippen MR) is 96.1 cm³/mol. The van der Waals surface area contributed by atoms with Gasteiger partial charge in [0, 0.05) is 18.7 Å². The second-order valence-electron chi connectivity index (χ2n) is 6.60. The summed E-state index contributed by atoms with van der Waals surface area (Å²) in [5.41, 5.74) is -0.472. The summed E-state index contributed by atoms with van der Waals surface area (Å²) >= 11 is 0. The number of carbonyl (C=O) groups is 3. The average molecular weight is 357 g/mol. The molecule has 0 saturated carbocycles. The third-order valence-electron chi connectivity index (χ3n) is 4.80. The molecular formula is C19H23N3O4. The van der Waals surface area contributed by atoms with Crippen LogP contribution in [-0.4, -0.2) is 53.8 Å². The number of nitrogens with one attached hydrogen (secondary N) is 1. The lowest BCUT2D eigenvalue weighted by molar-refractivity contribution is -0.125. The Labute approximate surface area is 152 Å². The summed E-state index contributed by atoms with van der Waals surface area (Å²) in [6.45, 7) is 3.21. The highest BCUT2D eigenvalue weighted by Gasteiger charge is 2.47. The SMILES string of the molecule is CCCCOC(=O)N1CCC2(CC1)N=C(C(=O)c1ccccc1)NC2=O. The summed E-state index contributed by atoms with van der Waals surface area (Å²) in [7, 11) is 0. The van der Waals surface area contributed by atoms with Crippen LogP contribution in [0, 0.1) is 0 Å². The Morgan fingerprint density at radius 1 is 1.23 bits per heavy atom. The van der Waals surface area contributed by atoms with E-state index in [0.29, 0.717) is 38.1 Å². The first kappa shape index (κ1) is 18.1. The molecule has 0 atom stereocenters. The minimum absolute atomic E-state index is 0.0835. The molecule has 0 bridgehead atoms. The minimum Gasteiger partial charge on any atom is -0.449 e. The number of Topliss-reactive ketones (excluding diaryl/α,β-unsaturated/α-hetero) is 1. The van der Waals surface area contributed by atoms with Gasteiger partial charge in [-0.1, -0.05) is 43.7 Å². The molecule has 26 heavy (non-hydrogen) atoms. The Bertz CT molecular complexity index is 722. The number of benzene rings is 1. The summed E-state index contributed by atoms with van der Waals surface area (Å²) in [6.07, 6.45) is 2.21. The van der Waals surface area contributed by atoms with Gasteiger partial charge >= 0.3 is 6.09 Å². The van der Waals surface area contributed by atoms with Crippen molar-refractivity contribution >= 4 is 23.6 Å². The van der Waals surface area contributed by atoms with Crippen LogP contribution >= 0.6 is 0 Å². The predicted octanol–water partition coefficient (Wildman–Crippen LogP) is 2.17. The second kappa shape index (κ2) is 7.68. The number of likely N-dealkylation sites (tertiary alicyclic amines) is 1. The number of nitrogens with zero attached hydrogens (tertiary/aromatic N) is 2. The van der Waals surface area contributed by atoms with Crippen LogP contribution in [0.4, 0.5) is 4.79 Å². The van der Waals surface area contributed by atoms with Crippen molar-refractivity contribution < 1.29 is 19.1 Å². The zero-order valence-electron chi connectivity index (χ0n) is 14.9. The van der Waals surface area contributed by atoms with E-state index in [1.807, 2.05) is 13.0 Å². The fourth-order valence-electron chi connectivity index (χ4n) is 3.14. The summed E-state index contributed by atoms with van der Waals surface area (Å²) in [5.74, 6) is -0.479. The molecule has 2 heterocycles. The maximum absolute atomic E-state index is 12.5. The quantitative estimate of drug-likeness (QED) is 0.646. The van der Waals surface area contributed by atoms with Crippen molar-refractivity contribution in [2.75, 3.05) is 19.7 Å². The highest BCUT2D eigenvalue weighted by Crippen LogP contribution is 2.30. The standard InChI is InChI=1S/C19H23N3O4/c1-2-3-13-26-18(25)22-11-9-19(10-12-22)17(24)20-16(21-19)15(23)14-7-5-4-6-8-14/h4-8H,2-3,9-13H2,1H3,(H,20,21,24). The molecule has 0 aromatic heterocycles. The number of aliphatic imine (C=N–C) groups is 1. The molecule has 2 aliphatic heterocycles. The van der Waals surface area contributed by atoms with Gasteiger partial charge in [-0.15, -0.1) is 0 Å². The van der Waals surface area contributed by atoms with E-state index in [-0.39, 0.29) is 23.6 Å². The van der Waals surface area contributed by atoms with Crippen molar-refractivity contribution in [3.05, 3.63) is 35.9 Å². The molecular weight excluding hydrogens is 334 g/mol. The van der Waals surface area contributed by atoms with Crippen molar-refractivity contribution in [2.45, 2.75) is 38.1 Å². The minimum atomic E-state index is -0.958. The molecule has 1 fully saturated rings.